The lowest BCUT2D eigenvalue weighted by atomic mass is 10.1. The number of hydrogen-bond acceptors (Lipinski definition) is 4. The Morgan fingerprint density at radius 2 is 1.68 bits per heavy atom. The van der Waals surface area contributed by atoms with E-state index in [9.17, 15) is 0 Å². The highest BCUT2D eigenvalue weighted by atomic mass is 127. The van der Waals surface area contributed by atoms with Crippen LogP contribution in [0.5, 0.6) is 11.5 Å². The molecule has 158 valence electrons. The molecule has 0 saturated carbocycles. The first-order valence-corrected chi connectivity index (χ1v) is 13.6. The molecular formula is C20H34IN3O3Si. The maximum atomic E-state index is 9.10. The average Bonchev–Trinajstić information content (AvgIpc) is 2.52. The molecule has 0 bridgehead atoms. The molecule has 1 aromatic rings. The second-order valence-corrected chi connectivity index (χ2v) is 14.9. The molecule has 1 aromatic carbocycles. The van der Waals surface area contributed by atoms with Gasteiger partial charge in [-0.3, -0.25) is 0 Å². The second kappa shape index (κ2) is 10.2. The quantitative estimate of drug-likeness (QED) is 0.113. The zero-order valence-electron chi connectivity index (χ0n) is 18.5. The summed E-state index contributed by atoms with van der Waals surface area (Å²) < 4.78 is 19.2. The maximum absolute atomic E-state index is 9.10. The number of ether oxygens (including phenoxy) is 2. The molecule has 1 rings (SSSR count). The van der Waals surface area contributed by atoms with Gasteiger partial charge in [-0.2, -0.15) is 0 Å². The summed E-state index contributed by atoms with van der Waals surface area (Å²) in [5.74, 6) is 1.38. The Labute approximate surface area is 184 Å². The fourth-order valence-electron chi connectivity index (χ4n) is 2.23. The van der Waals surface area contributed by atoms with Crippen molar-refractivity contribution in [2.45, 2.75) is 84.8 Å². The minimum Gasteiger partial charge on any atom is -0.487 e. The smallest absolute Gasteiger partial charge is 0.192 e. The zero-order valence-corrected chi connectivity index (χ0v) is 21.7. The standard InChI is InChI=1S/C20H34IN3O3Si/c1-13(2)26-18-11-15(10-16(21)19(18)27-14(3)4)17(23-24-22)12-25-28(8,9)20(5,6)7/h10-11,13-14,17H,12H2,1-9H3/t17-/m0/s1. The van der Waals surface area contributed by atoms with E-state index in [1.165, 1.54) is 0 Å². The Bertz CT molecular complexity index is 711. The van der Waals surface area contributed by atoms with Gasteiger partial charge in [-0.25, -0.2) is 0 Å². The highest BCUT2D eigenvalue weighted by molar-refractivity contribution is 14.1. The summed E-state index contributed by atoms with van der Waals surface area (Å²) in [6.07, 6.45) is 0.0330. The van der Waals surface area contributed by atoms with E-state index in [2.05, 4.69) is 66.5 Å². The summed E-state index contributed by atoms with van der Waals surface area (Å²) in [4.78, 5) is 3.05. The van der Waals surface area contributed by atoms with Crippen LogP contribution in [0.1, 0.15) is 60.1 Å². The first-order valence-electron chi connectivity index (χ1n) is 9.63. The summed E-state index contributed by atoms with van der Waals surface area (Å²) in [7, 11) is -1.96. The minimum absolute atomic E-state index is 0.00182. The third-order valence-corrected chi connectivity index (χ3v) is 10.0. The Balaban J connectivity index is 3.28. The number of hydrogen-bond donors (Lipinski definition) is 0. The first-order chi connectivity index (χ1) is 12.8. The van der Waals surface area contributed by atoms with Crippen molar-refractivity contribution in [3.63, 3.8) is 0 Å². The number of azide groups is 1. The van der Waals surface area contributed by atoms with Gasteiger partial charge in [0.15, 0.2) is 19.8 Å². The van der Waals surface area contributed by atoms with E-state index in [0.29, 0.717) is 12.4 Å². The summed E-state index contributed by atoms with van der Waals surface area (Å²) in [5, 5.41) is 4.10. The van der Waals surface area contributed by atoms with Crippen molar-refractivity contribution >= 4 is 30.9 Å². The van der Waals surface area contributed by atoms with Crippen molar-refractivity contribution in [2.75, 3.05) is 6.61 Å². The van der Waals surface area contributed by atoms with Crippen molar-refractivity contribution in [3.8, 4) is 11.5 Å². The van der Waals surface area contributed by atoms with Gasteiger partial charge in [0.25, 0.3) is 0 Å². The van der Waals surface area contributed by atoms with Crippen molar-refractivity contribution in [3.05, 3.63) is 31.7 Å². The van der Waals surface area contributed by atoms with Crippen LogP contribution in [0.2, 0.25) is 18.1 Å². The molecule has 0 fully saturated rings. The molecule has 28 heavy (non-hydrogen) atoms. The van der Waals surface area contributed by atoms with Crippen LogP contribution < -0.4 is 9.47 Å². The summed E-state index contributed by atoms with van der Waals surface area (Å²) in [5.41, 5.74) is 9.97. The highest BCUT2D eigenvalue weighted by Crippen LogP contribution is 2.40. The number of nitrogens with zero attached hydrogens (tertiary/aromatic N) is 3. The van der Waals surface area contributed by atoms with Crippen LogP contribution in [0, 0.1) is 3.57 Å². The van der Waals surface area contributed by atoms with Crippen molar-refractivity contribution in [2.24, 2.45) is 5.11 Å². The Kier molecular flexibility index (Phi) is 9.12. The molecule has 0 saturated heterocycles. The SMILES string of the molecule is CC(C)Oc1cc([C@H](CO[Si](C)(C)C(C)(C)C)N=[N+]=[N-])cc(I)c1OC(C)C. The molecule has 0 N–H and O–H groups in total. The van der Waals surface area contributed by atoms with Gasteiger partial charge < -0.3 is 13.9 Å². The van der Waals surface area contributed by atoms with Crippen molar-refractivity contribution in [1.82, 2.24) is 0 Å². The Morgan fingerprint density at radius 1 is 1.11 bits per heavy atom. The molecule has 1 atom stereocenters. The Morgan fingerprint density at radius 3 is 2.14 bits per heavy atom. The molecule has 0 spiro atoms. The largest absolute Gasteiger partial charge is 0.487 e. The van der Waals surface area contributed by atoms with Crippen LogP contribution in [0.15, 0.2) is 17.2 Å². The maximum Gasteiger partial charge on any atom is 0.192 e. The molecule has 0 amide bonds. The monoisotopic (exact) mass is 519 g/mol. The van der Waals surface area contributed by atoms with Gasteiger partial charge in [0.1, 0.15) is 0 Å². The lowest BCUT2D eigenvalue weighted by molar-refractivity contribution is 0.197. The first kappa shape index (κ1) is 25.1. The van der Waals surface area contributed by atoms with Crippen LogP contribution in [-0.4, -0.2) is 27.1 Å². The molecule has 0 aliphatic heterocycles. The van der Waals surface area contributed by atoms with E-state index in [1.807, 2.05) is 39.8 Å². The molecule has 0 aliphatic carbocycles. The van der Waals surface area contributed by atoms with Crippen LogP contribution in [-0.2, 0) is 4.43 Å². The minimum atomic E-state index is -1.96. The molecule has 6 nitrogen and oxygen atoms in total. The lowest BCUT2D eigenvalue weighted by Crippen LogP contribution is -2.41. The van der Waals surface area contributed by atoms with Crippen molar-refractivity contribution < 1.29 is 13.9 Å². The van der Waals surface area contributed by atoms with Gasteiger partial charge >= 0.3 is 0 Å². The van der Waals surface area contributed by atoms with Gasteiger partial charge in [0.2, 0.25) is 0 Å². The third-order valence-electron chi connectivity index (χ3n) is 4.73. The van der Waals surface area contributed by atoms with E-state index >= 15 is 0 Å². The van der Waals surface area contributed by atoms with Gasteiger partial charge in [-0.05, 0) is 91.6 Å². The molecule has 0 aliphatic rings. The van der Waals surface area contributed by atoms with Crippen LogP contribution in [0.25, 0.3) is 10.4 Å². The number of halogens is 1. The molecule has 8 heteroatoms. The van der Waals surface area contributed by atoms with Crippen LogP contribution in [0.4, 0.5) is 0 Å². The number of rotatable bonds is 9. The second-order valence-electron chi connectivity index (χ2n) is 8.96. The topological polar surface area (TPSA) is 76.5 Å². The van der Waals surface area contributed by atoms with Gasteiger partial charge in [-0.15, -0.1) is 0 Å². The van der Waals surface area contributed by atoms with E-state index in [4.69, 9.17) is 19.4 Å². The molecule has 0 unspecified atom stereocenters. The molecule has 0 aromatic heterocycles. The fraction of sp³-hybridized carbons (Fsp3) is 0.700. The van der Waals surface area contributed by atoms with Crippen molar-refractivity contribution in [1.29, 1.82) is 0 Å². The fourth-order valence-corrected chi connectivity index (χ4v) is 3.99. The summed E-state index contributed by atoms with van der Waals surface area (Å²) in [6, 6.07) is 3.48. The van der Waals surface area contributed by atoms with E-state index in [-0.39, 0.29) is 17.2 Å². The van der Waals surface area contributed by atoms with Gasteiger partial charge in [0.05, 0.1) is 21.8 Å². The number of benzene rings is 1. The Hall–Kier alpha value is -0.963. The third kappa shape index (κ3) is 7.13. The van der Waals surface area contributed by atoms with Gasteiger partial charge in [-0.1, -0.05) is 25.9 Å². The van der Waals surface area contributed by atoms with E-state index in [1.54, 1.807) is 0 Å². The van der Waals surface area contributed by atoms with E-state index in [0.717, 1.165) is 14.9 Å². The van der Waals surface area contributed by atoms with Crippen LogP contribution >= 0.6 is 22.6 Å². The summed E-state index contributed by atoms with van der Waals surface area (Å²) >= 11 is 2.24. The predicted octanol–water partition coefficient (Wildman–Crippen LogP) is 7.24. The average molecular weight is 520 g/mol. The predicted molar refractivity (Wildman–Crippen MR) is 126 cm³/mol. The molecule has 0 heterocycles. The van der Waals surface area contributed by atoms with E-state index < -0.39 is 14.4 Å². The summed E-state index contributed by atoms with van der Waals surface area (Å²) in [6.45, 7) is 19.2. The van der Waals surface area contributed by atoms with Gasteiger partial charge in [0, 0.05) is 11.5 Å². The molecular weight excluding hydrogens is 485 g/mol. The normalized spacial score (nSPS) is 13.4. The zero-order chi connectivity index (χ0) is 21.7. The van der Waals surface area contributed by atoms with Crippen LogP contribution in [0.3, 0.4) is 0 Å². The molecule has 0 radical (unpaired) electrons. The lowest BCUT2D eigenvalue weighted by Gasteiger charge is -2.37. The highest BCUT2D eigenvalue weighted by Gasteiger charge is 2.37.